The zero-order valence-electron chi connectivity index (χ0n) is 16.3. The second-order valence-corrected chi connectivity index (χ2v) is 7.94. The van der Waals surface area contributed by atoms with Gasteiger partial charge in [-0.2, -0.15) is 0 Å². The molecule has 0 aliphatic carbocycles. The Bertz CT molecular complexity index is 1010. The average molecular weight is 397 g/mol. The van der Waals surface area contributed by atoms with Gasteiger partial charge in [0.05, 0.1) is 18.7 Å². The molecule has 0 saturated carbocycles. The van der Waals surface area contributed by atoms with Gasteiger partial charge in [0, 0.05) is 15.8 Å². The van der Waals surface area contributed by atoms with Crippen molar-refractivity contribution < 1.29 is 18.7 Å². The van der Waals surface area contributed by atoms with E-state index in [1.807, 2.05) is 50.2 Å². The van der Waals surface area contributed by atoms with Gasteiger partial charge in [-0.3, -0.25) is 9.59 Å². The molecule has 0 radical (unpaired) electrons. The Kier molecular flexibility index (Phi) is 6.09. The van der Waals surface area contributed by atoms with Crippen molar-refractivity contribution >= 4 is 34.6 Å². The van der Waals surface area contributed by atoms with Gasteiger partial charge in [-0.15, -0.1) is 11.8 Å². The predicted molar refractivity (Wildman–Crippen MR) is 111 cm³/mol. The molecule has 0 fully saturated rings. The zero-order valence-corrected chi connectivity index (χ0v) is 17.1. The van der Waals surface area contributed by atoms with Crippen LogP contribution in [0, 0.1) is 6.92 Å². The van der Waals surface area contributed by atoms with Crippen LogP contribution in [0.1, 0.15) is 41.6 Å². The van der Waals surface area contributed by atoms with Crippen molar-refractivity contribution in [3.8, 4) is 0 Å². The molecule has 1 N–H and O–H groups in total. The fraction of sp³-hybridized carbons (Fsp3) is 0.273. The summed E-state index contributed by atoms with van der Waals surface area (Å²) in [5.41, 5.74) is 2.34. The summed E-state index contributed by atoms with van der Waals surface area (Å²) < 4.78 is 10.7. The van der Waals surface area contributed by atoms with E-state index < -0.39 is 5.25 Å². The lowest BCUT2D eigenvalue weighted by Crippen LogP contribution is -2.27. The Labute approximate surface area is 168 Å². The van der Waals surface area contributed by atoms with E-state index in [-0.39, 0.29) is 17.9 Å². The number of ether oxygens (including phenoxy) is 1. The van der Waals surface area contributed by atoms with Gasteiger partial charge >= 0.3 is 5.97 Å². The number of methoxy groups -OCH3 is 1. The molecule has 1 heterocycles. The van der Waals surface area contributed by atoms with Crippen molar-refractivity contribution in [2.24, 2.45) is 0 Å². The van der Waals surface area contributed by atoms with Crippen LogP contribution in [0.4, 0.5) is 0 Å². The SMILES string of the molecule is COC(=O)C(C)Sc1ccccc1C(=O)NC(C)c1oc2ccccc2c1C. The molecular weight excluding hydrogens is 374 g/mol. The number of hydrogen-bond donors (Lipinski definition) is 1. The molecule has 1 aromatic heterocycles. The third kappa shape index (κ3) is 4.07. The Hall–Kier alpha value is -2.73. The van der Waals surface area contributed by atoms with E-state index in [2.05, 4.69) is 5.32 Å². The van der Waals surface area contributed by atoms with Crippen LogP contribution in [0.15, 0.2) is 57.8 Å². The molecule has 2 atom stereocenters. The second kappa shape index (κ2) is 8.52. The van der Waals surface area contributed by atoms with Crippen LogP contribution in [0.25, 0.3) is 11.0 Å². The largest absolute Gasteiger partial charge is 0.468 e. The monoisotopic (exact) mass is 397 g/mol. The standard InChI is InChI=1S/C22H23NO4S/c1-13-16-9-5-7-11-18(16)27-20(13)14(2)23-21(24)17-10-6-8-12-19(17)28-15(3)22(25)26-4/h5-12,14-15H,1-4H3,(H,23,24). The first-order chi connectivity index (χ1) is 13.4. The third-order valence-corrected chi connectivity index (χ3v) is 5.75. The molecule has 146 valence electrons. The van der Waals surface area contributed by atoms with Crippen LogP contribution in [0.3, 0.4) is 0 Å². The normalized spacial score (nSPS) is 13.1. The number of para-hydroxylation sites is 1. The lowest BCUT2D eigenvalue weighted by atomic mass is 10.1. The highest BCUT2D eigenvalue weighted by atomic mass is 32.2. The molecule has 0 aliphatic rings. The van der Waals surface area contributed by atoms with Crippen LogP contribution in [-0.4, -0.2) is 24.2 Å². The number of furan rings is 1. The number of carbonyl (C=O) groups excluding carboxylic acids is 2. The predicted octanol–water partition coefficient (Wildman–Crippen LogP) is 4.89. The van der Waals surface area contributed by atoms with E-state index >= 15 is 0 Å². The second-order valence-electron chi connectivity index (χ2n) is 6.56. The van der Waals surface area contributed by atoms with Crippen molar-refractivity contribution in [1.29, 1.82) is 0 Å². The van der Waals surface area contributed by atoms with Gasteiger partial charge in [-0.05, 0) is 39.0 Å². The molecule has 2 unspecified atom stereocenters. The van der Waals surface area contributed by atoms with E-state index in [0.717, 1.165) is 27.2 Å². The summed E-state index contributed by atoms with van der Waals surface area (Å²) in [6.07, 6.45) is 0. The molecule has 0 bridgehead atoms. The summed E-state index contributed by atoms with van der Waals surface area (Å²) in [4.78, 5) is 25.4. The first-order valence-corrected chi connectivity index (χ1v) is 9.92. The lowest BCUT2D eigenvalue weighted by molar-refractivity contribution is -0.139. The summed E-state index contributed by atoms with van der Waals surface area (Å²) >= 11 is 1.30. The van der Waals surface area contributed by atoms with Crippen molar-refractivity contribution in [2.45, 2.75) is 37.0 Å². The molecule has 0 spiro atoms. The molecule has 3 rings (SSSR count). The summed E-state index contributed by atoms with van der Waals surface area (Å²) in [7, 11) is 1.36. The quantitative estimate of drug-likeness (QED) is 0.474. The maximum atomic E-state index is 12.9. The molecule has 3 aromatic rings. The molecule has 0 aliphatic heterocycles. The summed E-state index contributed by atoms with van der Waals surface area (Å²) in [5.74, 6) is 0.196. The first-order valence-electron chi connectivity index (χ1n) is 9.04. The van der Waals surface area contributed by atoms with E-state index in [4.69, 9.17) is 9.15 Å². The molecule has 1 amide bonds. The summed E-state index contributed by atoms with van der Waals surface area (Å²) in [6.45, 7) is 5.65. The molecule has 28 heavy (non-hydrogen) atoms. The maximum absolute atomic E-state index is 12.9. The number of carbonyl (C=O) groups is 2. The van der Waals surface area contributed by atoms with Gasteiger partial charge in [0.1, 0.15) is 16.6 Å². The molecular formula is C22H23NO4S. The topological polar surface area (TPSA) is 68.5 Å². The average Bonchev–Trinajstić information content (AvgIpc) is 3.04. The van der Waals surface area contributed by atoms with Crippen LogP contribution >= 0.6 is 11.8 Å². The smallest absolute Gasteiger partial charge is 0.318 e. The zero-order chi connectivity index (χ0) is 20.3. The minimum absolute atomic E-state index is 0.215. The minimum Gasteiger partial charge on any atom is -0.468 e. The number of aryl methyl sites for hydroxylation is 1. The van der Waals surface area contributed by atoms with Gasteiger partial charge in [0.25, 0.3) is 5.91 Å². The third-order valence-electron chi connectivity index (χ3n) is 4.59. The Morgan fingerprint density at radius 1 is 1.07 bits per heavy atom. The summed E-state index contributed by atoms with van der Waals surface area (Å²) in [6, 6.07) is 14.7. The maximum Gasteiger partial charge on any atom is 0.318 e. The number of rotatable bonds is 6. The molecule has 2 aromatic carbocycles. The number of hydrogen-bond acceptors (Lipinski definition) is 5. The highest BCUT2D eigenvalue weighted by Crippen LogP contribution is 2.31. The molecule has 5 nitrogen and oxygen atoms in total. The van der Waals surface area contributed by atoms with Crippen molar-refractivity contribution in [3.63, 3.8) is 0 Å². The number of amides is 1. The van der Waals surface area contributed by atoms with E-state index in [1.165, 1.54) is 18.9 Å². The van der Waals surface area contributed by atoms with Crippen molar-refractivity contribution in [1.82, 2.24) is 5.32 Å². The van der Waals surface area contributed by atoms with Gasteiger partial charge < -0.3 is 14.5 Å². The molecule has 6 heteroatoms. The van der Waals surface area contributed by atoms with E-state index in [0.29, 0.717) is 5.56 Å². The number of esters is 1. The van der Waals surface area contributed by atoms with E-state index in [1.54, 1.807) is 19.1 Å². The Balaban J connectivity index is 1.81. The highest BCUT2D eigenvalue weighted by molar-refractivity contribution is 8.00. The van der Waals surface area contributed by atoms with Crippen molar-refractivity contribution in [2.75, 3.05) is 7.11 Å². The van der Waals surface area contributed by atoms with E-state index in [9.17, 15) is 9.59 Å². The van der Waals surface area contributed by atoms with Crippen molar-refractivity contribution in [3.05, 3.63) is 65.4 Å². The number of nitrogens with one attached hydrogen (secondary N) is 1. The van der Waals surface area contributed by atoms with Gasteiger partial charge in [-0.25, -0.2) is 0 Å². The Morgan fingerprint density at radius 2 is 1.75 bits per heavy atom. The Morgan fingerprint density at radius 3 is 2.46 bits per heavy atom. The van der Waals surface area contributed by atoms with Crippen LogP contribution in [0.2, 0.25) is 0 Å². The fourth-order valence-electron chi connectivity index (χ4n) is 3.11. The fourth-order valence-corrected chi connectivity index (χ4v) is 4.13. The van der Waals surface area contributed by atoms with Gasteiger partial charge in [0.15, 0.2) is 0 Å². The minimum atomic E-state index is -0.408. The van der Waals surface area contributed by atoms with Crippen LogP contribution < -0.4 is 5.32 Å². The number of benzene rings is 2. The van der Waals surface area contributed by atoms with Crippen LogP contribution in [0.5, 0.6) is 0 Å². The van der Waals surface area contributed by atoms with Gasteiger partial charge in [-0.1, -0.05) is 30.3 Å². The number of fused-ring (bicyclic) bond motifs is 1. The molecule has 0 saturated heterocycles. The lowest BCUT2D eigenvalue weighted by Gasteiger charge is -2.16. The number of thioether (sulfide) groups is 1. The van der Waals surface area contributed by atoms with Crippen LogP contribution in [-0.2, 0) is 9.53 Å². The highest BCUT2D eigenvalue weighted by Gasteiger charge is 2.22. The summed E-state index contributed by atoms with van der Waals surface area (Å²) in [5, 5.41) is 3.64. The van der Waals surface area contributed by atoms with Gasteiger partial charge in [0.2, 0.25) is 0 Å². The first kappa shape index (κ1) is 20.0.